The molecule has 1 aliphatic rings. The van der Waals surface area contributed by atoms with Crippen molar-refractivity contribution in [3.63, 3.8) is 0 Å². The third kappa shape index (κ3) is 3.49. The molecule has 1 heterocycles. The van der Waals surface area contributed by atoms with Crippen molar-refractivity contribution >= 4 is 0 Å². The van der Waals surface area contributed by atoms with E-state index in [9.17, 15) is 0 Å². The summed E-state index contributed by atoms with van der Waals surface area (Å²) in [5, 5.41) is 10.8. The van der Waals surface area contributed by atoms with Gasteiger partial charge in [0.1, 0.15) is 0 Å². The number of nitrogens with one attached hydrogen (secondary N) is 2. The van der Waals surface area contributed by atoms with E-state index in [4.69, 9.17) is 0 Å². The van der Waals surface area contributed by atoms with Gasteiger partial charge >= 0.3 is 0 Å². The molecule has 0 saturated carbocycles. The van der Waals surface area contributed by atoms with Gasteiger partial charge in [-0.2, -0.15) is 5.10 Å². The number of H-pyrrole nitrogens is 1. The first-order valence-electron chi connectivity index (χ1n) is 9.84. The molecule has 0 aliphatic heterocycles. The Morgan fingerprint density at radius 2 is 1.54 bits per heavy atom. The largest absolute Gasteiger partial charge is 0.309 e. The summed E-state index contributed by atoms with van der Waals surface area (Å²) in [6, 6.07) is 28.8. The Balaban J connectivity index is 1.25. The van der Waals surface area contributed by atoms with Crippen molar-refractivity contribution in [2.75, 3.05) is 0 Å². The van der Waals surface area contributed by atoms with Gasteiger partial charge in [0.25, 0.3) is 0 Å². The van der Waals surface area contributed by atoms with Crippen LogP contribution in [0.25, 0.3) is 22.4 Å². The second-order valence-electron chi connectivity index (χ2n) is 7.50. The van der Waals surface area contributed by atoms with Crippen LogP contribution in [-0.2, 0) is 19.4 Å². The third-order valence-corrected chi connectivity index (χ3v) is 5.61. The fourth-order valence-electron chi connectivity index (χ4n) is 4.06. The van der Waals surface area contributed by atoms with Gasteiger partial charge in [0, 0.05) is 24.3 Å². The fraction of sp³-hybridized carbons (Fsp3) is 0.160. The molecule has 138 valence electrons. The van der Waals surface area contributed by atoms with Crippen molar-refractivity contribution in [2.24, 2.45) is 0 Å². The van der Waals surface area contributed by atoms with Crippen LogP contribution in [0.4, 0.5) is 0 Å². The highest BCUT2D eigenvalue weighted by Gasteiger charge is 2.19. The molecule has 3 nitrogen and oxygen atoms in total. The number of hydrogen-bond acceptors (Lipinski definition) is 2. The number of aromatic nitrogens is 2. The van der Waals surface area contributed by atoms with Crippen molar-refractivity contribution in [1.82, 2.24) is 15.5 Å². The molecule has 28 heavy (non-hydrogen) atoms. The predicted octanol–water partition coefficient (Wildman–Crippen LogP) is 5.00. The average Bonchev–Trinajstić information content (AvgIpc) is 3.42. The summed E-state index contributed by atoms with van der Waals surface area (Å²) in [6.45, 7) is 0.910. The minimum absolute atomic E-state index is 0.545. The van der Waals surface area contributed by atoms with E-state index in [1.165, 1.54) is 27.8 Å². The lowest BCUT2D eigenvalue weighted by Crippen LogP contribution is -2.28. The second kappa shape index (κ2) is 7.45. The van der Waals surface area contributed by atoms with Crippen LogP contribution < -0.4 is 5.32 Å². The number of rotatable bonds is 5. The maximum atomic E-state index is 4.05. The van der Waals surface area contributed by atoms with E-state index in [2.05, 4.69) is 88.3 Å². The van der Waals surface area contributed by atoms with Gasteiger partial charge in [-0.05, 0) is 52.8 Å². The zero-order valence-corrected chi connectivity index (χ0v) is 15.7. The van der Waals surface area contributed by atoms with Crippen LogP contribution in [0.2, 0.25) is 0 Å². The van der Waals surface area contributed by atoms with Crippen molar-refractivity contribution in [1.29, 1.82) is 0 Å². The van der Waals surface area contributed by atoms with Crippen molar-refractivity contribution in [3.05, 3.63) is 102 Å². The number of fused-ring (bicyclic) bond motifs is 1. The Morgan fingerprint density at radius 1 is 0.786 bits per heavy atom. The van der Waals surface area contributed by atoms with Crippen molar-refractivity contribution in [2.45, 2.75) is 25.4 Å². The number of benzene rings is 3. The molecular formula is C25H23N3. The summed E-state index contributed by atoms with van der Waals surface area (Å²) in [6.07, 6.45) is 4.05. The standard InChI is InChI=1S/C25H23N3/c1-2-5-22-16-24(15-21(22)4-1)26-17-18-8-10-19(11-9-18)20-6-3-7-23(14-20)25-12-13-27-28-25/h1-14,24,26H,15-17H2,(H,27,28). The highest BCUT2D eigenvalue weighted by atomic mass is 15.1. The van der Waals surface area contributed by atoms with E-state index in [1.54, 1.807) is 6.20 Å². The first-order chi connectivity index (χ1) is 13.8. The molecule has 4 aromatic rings. The van der Waals surface area contributed by atoms with Gasteiger partial charge in [-0.15, -0.1) is 0 Å². The summed E-state index contributed by atoms with van der Waals surface area (Å²) in [4.78, 5) is 0. The predicted molar refractivity (Wildman–Crippen MR) is 114 cm³/mol. The Kier molecular flexibility index (Phi) is 4.51. The minimum atomic E-state index is 0.545. The Hall–Kier alpha value is -3.17. The van der Waals surface area contributed by atoms with Crippen molar-refractivity contribution in [3.8, 4) is 22.4 Å². The SMILES string of the molecule is c1cc(-c2ccc(CNC3Cc4ccccc4C3)cc2)cc(-c2ccn[nH]2)c1. The Bertz CT molecular complexity index is 1040. The van der Waals surface area contributed by atoms with Gasteiger partial charge in [0.15, 0.2) is 0 Å². The van der Waals surface area contributed by atoms with E-state index in [0.717, 1.165) is 30.6 Å². The minimum Gasteiger partial charge on any atom is -0.309 e. The summed E-state index contributed by atoms with van der Waals surface area (Å²) < 4.78 is 0. The molecule has 0 radical (unpaired) electrons. The van der Waals surface area contributed by atoms with Gasteiger partial charge in [0.05, 0.1) is 5.69 Å². The van der Waals surface area contributed by atoms with Gasteiger partial charge < -0.3 is 5.32 Å². The molecule has 3 heteroatoms. The summed E-state index contributed by atoms with van der Waals surface area (Å²) >= 11 is 0. The van der Waals surface area contributed by atoms with E-state index in [1.807, 2.05) is 6.07 Å². The lowest BCUT2D eigenvalue weighted by Gasteiger charge is -2.12. The van der Waals surface area contributed by atoms with Crippen LogP contribution in [0.1, 0.15) is 16.7 Å². The van der Waals surface area contributed by atoms with Crippen LogP contribution in [0.5, 0.6) is 0 Å². The summed E-state index contributed by atoms with van der Waals surface area (Å²) in [5.74, 6) is 0. The first kappa shape index (κ1) is 17.0. The summed E-state index contributed by atoms with van der Waals surface area (Å²) in [5.41, 5.74) is 8.96. The number of hydrogen-bond donors (Lipinski definition) is 2. The molecule has 0 amide bonds. The second-order valence-corrected chi connectivity index (χ2v) is 7.50. The third-order valence-electron chi connectivity index (χ3n) is 5.61. The number of aromatic amines is 1. The van der Waals surface area contributed by atoms with E-state index >= 15 is 0 Å². The van der Waals surface area contributed by atoms with Gasteiger partial charge in [-0.1, -0.05) is 66.7 Å². The topological polar surface area (TPSA) is 40.7 Å². The van der Waals surface area contributed by atoms with E-state index < -0.39 is 0 Å². The average molecular weight is 365 g/mol. The molecule has 2 N–H and O–H groups in total. The molecular weight excluding hydrogens is 342 g/mol. The zero-order valence-electron chi connectivity index (χ0n) is 15.7. The van der Waals surface area contributed by atoms with Crippen LogP contribution >= 0.6 is 0 Å². The fourth-order valence-corrected chi connectivity index (χ4v) is 4.06. The summed E-state index contributed by atoms with van der Waals surface area (Å²) in [7, 11) is 0. The smallest absolute Gasteiger partial charge is 0.0650 e. The van der Waals surface area contributed by atoms with Gasteiger partial charge in [-0.25, -0.2) is 0 Å². The molecule has 5 rings (SSSR count). The Morgan fingerprint density at radius 3 is 2.25 bits per heavy atom. The molecule has 0 spiro atoms. The molecule has 0 atom stereocenters. The van der Waals surface area contributed by atoms with Crippen LogP contribution in [0.15, 0.2) is 85.1 Å². The van der Waals surface area contributed by atoms with E-state index in [0.29, 0.717) is 6.04 Å². The van der Waals surface area contributed by atoms with Crippen LogP contribution in [0.3, 0.4) is 0 Å². The lowest BCUT2D eigenvalue weighted by atomic mass is 10.0. The molecule has 0 bridgehead atoms. The maximum Gasteiger partial charge on any atom is 0.0650 e. The molecule has 3 aromatic carbocycles. The van der Waals surface area contributed by atoms with Gasteiger partial charge in [0.2, 0.25) is 0 Å². The first-order valence-corrected chi connectivity index (χ1v) is 9.84. The van der Waals surface area contributed by atoms with Crippen LogP contribution in [0, 0.1) is 0 Å². The molecule has 0 saturated heterocycles. The maximum absolute atomic E-state index is 4.05. The normalized spacial score (nSPS) is 13.6. The molecule has 0 unspecified atom stereocenters. The van der Waals surface area contributed by atoms with Crippen LogP contribution in [-0.4, -0.2) is 16.2 Å². The highest BCUT2D eigenvalue weighted by Crippen LogP contribution is 2.26. The lowest BCUT2D eigenvalue weighted by molar-refractivity contribution is 0.533. The zero-order chi connectivity index (χ0) is 18.8. The monoisotopic (exact) mass is 365 g/mol. The number of nitrogens with zero attached hydrogens (tertiary/aromatic N) is 1. The highest BCUT2D eigenvalue weighted by molar-refractivity contribution is 5.71. The van der Waals surface area contributed by atoms with Gasteiger partial charge in [-0.3, -0.25) is 5.10 Å². The van der Waals surface area contributed by atoms with Crippen molar-refractivity contribution < 1.29 is 0 Å². The quantitative estimate of drug-likeness (QED) is 0.522. The Labute approximate surface area is 165 Å². The van der Waals surface area contributed by atoms with E-state index in [-0.39, 0.29) is 0 Å². The molecule has 1 aromatic heterocycles. The molecule has 0 fully saturated rings. The molecule has 1 aliphatic carbocycles.